The first kappa shape index (κ1) is 37.3. The topological polar surface area (TPSA) is 80.7 Å². The molecule has 5 rings (SSSR count). The van der Waals surface area contributed by atoms with E-state index in [9.17, 15) is 18.3 Å². The summed E-state index contributed by atoms with van der Waals surface area (Å²) < 4.78 is 30.7. The maximum Gasteiger partial charge on any atom is 0.175 e. The molecule has 0 radical (unpaired) electrons. The van der Waals surface area contributed by atoms with E-state index in [2.05, 4.69) is 13.5 Å². The Labute approximate surface area is 245 Å². The van der Waals surface area contributed by atoms with Gasteiger partial charge >= 0.3 is 0 Å². The van der Waals surface area contributed by atoms with Gasteiger partial charge in [-0.2, -0.15) is 13.5 Å². The van der Waals surface area contributed by atoms with Crippen LogP contribution >= 0.6 is 13.5 Å². The highest BCUT2D eigenvalue weighted by molar-refractivity contribution is 7.90. The standard InChI is InChI=1S/C28H34O5S.4CH4.H2S/c1-17(2)28(30)14-13-24-23-11-7-19-15-20(29)8-12-22(19)25(23)26(33-16-27(24,28)3)18-5-9-21(10-6-18)34(4,31)32;;;;;/h5-6,9-10,15,23-24,26,30H,1,7-8,11-14,16H2,2-4H3;4*1H4;1H2/t23?,24?,26-,27-,28+;;;;;/m0...../s1. The Kier molecular flexibility index (Phi) is 12.3. The maximum absolute atomic E-state index is 12.2. The van der Waals surface area contributed by atoms with Crippen molar-refractivity contribution in [1.29, 1.82) is 0 Å². The van der Waals surface area contributed by atoms with Crippen molar-refractivity contribution in [3.05, 3.63) is 64.8 Å². The van der Waals surface area contributed by atoms with Gasteiger partial charge in [-0.1, -0.05) is 55.3 Å². The molecule has 1 saturated carbocycles. The van der Waals surface area contributed by atoms with Crippen LogP contribution in [0, 0.1) is 17.3 Å². The second-order valence-electron chi connectivity index (χ2n) is 11.0. The van der Waals surface area contributed by atoms with Gasteiger partial charge in [0.05, 0.1) is 17.1 Å². The smallest absolute Gasteiger partial charge is 0.175 e. The summed E-state index contributed by atoms with van der Waals surface area (Å²) in [6, 6.07) is 7.00. The van der Waals surface area contributed by atoms with E-state index in [0.717, 1.165) is 36.0 Å². The summed E-state index contributed by atoms with van der Waals surface area (Å²) in [6.07, 6.45) is 7.29. The minimum Gasteiger partial charge on any atom is -0.385 e. The average Bonchev–Trinajstić information content (AvgIpc) is 2.97. The van der Waals surface area contributed by atoms with E-state index in [0.29, 0.717) is 25.9 Å². The van der Waals surface area contributed by atoms with Crippen LogP contribution in [0.1, 0.15) is 93.7 Å². The van der Waals surface area contributed by atoms with Crippen LogP contribution in [-0.4, -0.2) is 37.8 Å². The fourth-order valence-corrected chi connectivity index (χ4v) is 7.77. The van der Waals surface area contributed by atoms with Crippen LogP contribution in [0.2, 0.25) is 0 Å². The Morgan fingerprint density at radius 3 is 2.23 bits per heavy atom. The van der Waals surface area contributed by atoms with Crippen molar-refractivity contribution >= 4 is 29.1 Å². The highest BCUT2D eigenvalue weighted by atomic mass is 32.2. The number of benzene rings is 1. The molecule has 1 aromatic carbocycles. The number of ether oxygens (including phenoxy) is 1. The van der Waals surface area contributed by atoms with E-state index >= 15 is 0 Å². The average molecular weight is 581 g/mol. The second kappa shape index (κ2) is 12.9. The molecule has 2 fully saturated rings. The molecule has 39 heavy (non-hydrogen) atoms. The number of ketones is 1. The van der Waals surface area contributed by atoms with Crippen LogP contribution in [0.25, 0.3) is 0 Å². The Balaban J connectivity index is 0.00000289. The first-order chi connectivity index (χ1) is 16.0. The summed E-state index contributed by atoms with van der Waals surface area (Å²) >= 11 is 0. The molecule has 5 atom stereocenters. The van der Waals surface area contributed by atoms with E-state index in [1.54, 1.807) is 12.1 Å². The van der Waals surface area contributed by atoms with E-state index < -0.39 is 20.9 Å². The molecule has 5 nitrogen and oxygen atoms in total. The van der Waals surface area contributed by atoms with Gasteiger partial charge in [-0.05, 0) is 96.9 Å². The van der Waals surface area contributed by atoms with E-state index in [4.69, 9.17) is 4.74 Å². The quantitative estimate of drug-likeness (QED) is 0.374. The van der Waals surface area contributed by atoms with Gasteiger partial charge in [0, 0.05) is 18.1 Å². The van der Waals surface area contributed by atoms with Crippen molar-refractivity contribution in [3.8, 4) is 0 Å². The van der Waals surface area contributed by atoms with E-state index in [1.165, 1.54) is 17.4 Å². The van der Waals surface area contributed by atoms with Crippen LogP contribution in [0.15, 0.2) is 64.1 Å². The zero-order valence-electron chi connectivity index (χ0n) is 20.8. The van der Waals surface area contributed by atoms with Crippen molar-refractivity contribution in [1.82, 2.24) is 0 Å². The third-order valence-corrected chi connectivity index (χ3v) is 10.2. The lowest BCUT2D eigenvalue weighted by atomic mass is 9.61. The molecule has 7 heteroatoms. The molecular formula is C32H52O5S2. The fraction of sp³-hybridized carbons (Fsp3) is 0.594. The minimum atomic E-state index is -3.30. The first-order valence-corrected chi connectivity index (χ1v) is 14.1. The predicted octanol–water partition coefficient (Wildman–Crippen LogP) is 7.54. The van der Waals surface area contributed by atoms with Crippen molar-refractivity contribution in [2.24, 2.45) is 17.3 Å². The van der Waals surface area contributed by atoms with Crippen molar-refractivity contribution < 1.29 is 23.1 Å². The Hall–Kier alpha value is -1.67. The van der Waals surface area contributed by atoms with Gasteiger partial charge in [0.2, 0.25) is 0 Å². The Bertz CT molecular complexity index is 1230. The molecule has 0 aromatic heterocycles. The van der Waals surface area contributed by atoms with Gasteiger partial charge in [-0.15, -0.1) is 0 Å². The summed E-state index contributed by atoms with van der Waals surface area (Å²) in [5.74, 6) is 0.667. The number of hydrogen-bond donors (Lipinski definition) is 1. The number of carbonyl (C=O) groups is 1. The van der Waals surface area contributed by atoms with Crippen molar-refractivity contribution in [2.45, 2.75) is 98.7 Å². The minimum absolute atomic E-state index is 0. The van der Waals surface area contributed by atoms with Gasteiger partial charge in [0.1, 0.15) is 6.10 Å². The summed E-state index contributed by atoms with van der Waals surface area (Å²) in [5.41, 5.74) is 3.84. The molecule has 1 saturated heterocycles. The SMILES string of the molecule is C.C.C.C.C=C(C)[C@]1(O)CCC2C3CCC4=CC(=O)CCC4=C3[C@H](c3ccc(S(C)(=O)=O)cc3)OC[C@@]21C.S. The highest BCUT2D eigenvalue weighted by Gasteiger charge is 2.61. The van der Waals surface area contributed by atoms with Gasteiger partial charge in [0.25, 0.3) is 0 Å². The normalized spacial score (nSPS) is 31.1. The molecule has 222 valence electrons. The second-order valence-corrected chi connectivity index (χ2v) is 13.0. The summed E-state index contributed by atoms with van der Waals surface area (Å²) in [7, 11) is -3.30. The molecule has 0 amide bonds. The lowest BCUT2D eigenvalue weighted by Crippen LogP contribution is -2.49. The molecule has 4 aliphatic rings. The molecule has 0 spiro atoms. The third-order valence-electron chi connectivity index (χ3n) is 9.03. The van der Waals surface area contributed by atoms with Crippen LogP contribution in [0.5, 0.6) is 0 Å². The van der Waals surface area contributed by atoms with E-state index in [1.807, 2.05) is 25.1 Å². The highest BCUT2D eigenvalue weighted by Crippen LogP contribution is 2.63. The van der Waals surface area contributed by atoms with E-state index in [-0.39, 0.29) is 71.8 Å². The van der Waals surface area contributed by atoms with Crippen molar-refractivity contribution in [3.63, 3.8) is 0 Å². The number of rotatable bonds is 3. The molecular weight excluding hydrogens is 528 g/mol. The largest absolute Gasteiger partial charge is 0.385 e. The summed E-state index contributed by atoms with van der Waals surface area (Å²) in [5, 5.41) is 11.8. The zero-order chi connectivity index (χ0) is 24.5. The van der Waals surface area contributed by atoms with Crippen molar-refractivity contribution in [2.75, 3.05) is 12.9 Å². The molecule has 1 heterocycles. The molecule has 1 aliphatic heterocycles. The monoisotopic (exact) mass is 580 g/mol. The fourth-order valence-electron chi connectivity index (χ4n) is 7.14. The number of fused-ring (bicyclic) bond motifs is 4. The number of allylic oxidation sites excluding steroid dienone is 3. The lowest BCUT2D eigenvalue weighted by Gasteiger charge is -2.45. The number of sulfone groups is 1. The summed E-state index contributed by atoms with van der Waals surface area (Å²) in [6.45, 7) is 8.59. The molecule has 2 unspecified atom stereocenters. The molecule has 3 aliphatic carbocycles. The maximum atomic E-state index is 12.2. The predicted molar refractivity (Wildman–Crippen MR) is 168 cm³/mol. The van der Waals surface area contributed by atoms with Gasteiger partial charge in [0.15, 0.2) is 15.6 Å². The number of aliphatic hydroxyl groups is 1. The van der Waals surface area contributed by atoms with Crippen LogP contribution in [0.4, 0.5) is 0 Å². The summed E-state index contributed by atoms with van der Waals surface area (Å²) in [4.78, 5) is 12.5. The first-order valence-electron chi connectivity index (χ1n) is 12.2. The zero-order valence-corrected chi connectivity index (χ0v) is 22.6. The van der Waals surface area contributed by atoms with Gasteiger partial charge in [-0.3, -0.25) is 4.79 Å². The third kappa shape index (κ3) is 5.88. The number of carbonyl (C=O) groups excluding carboxylic acids is 1. The number of hydrogen-bond acceptors (Lipinski definition) is 5. The molecule has 0 bridgehead atoms. The van der Waals surface area contributed by atoms with Gasteiger partial charge in [-0.25, -0.2) is 8.42 Å². The van der Waals surface area contributed by atoms with Crippen LogP contribution in [-0.2, 0) is 19.4 Å². The molecule has 1 aromatic rings. The molecule has 1 N–H and O–H groups in total. The van der Waals surface area contributed by atoms with Crippen LogP contribution in [0.3, 0.4) is 0 Å². The lowest BCUT2D eigenvalue weighted by molar-refractivity contribution is -0.114. The van der Waals surface area contributed by atoms with Gasteiger partial charge < -0.3 is 9.84 Å². The van der Waals surface area contributed by atoms with Crippen LogP contribution < -0.4 is 0 Å². The Morgan fingerprint density at radius 2 is 1.67 bits per heavy atom. The Morgan fingerprint density at radius 1 is 1.05 bits per heavy atom.